The van der Waals surface area contributed by atoms with Crippen molar-refractivity contribution in [3.05, 3.63) is 30.1 Å². The summed E-state index contributed by atoms with van der Waals surface area (Å²) in [6.07, 6.45) is 6.41. The minimum atomic E-state index is -1.42. The van der Waals surface area contributed by atoms with Crippen LogP contribution < -0.4 is 0 Å². The highest BCUT2D eigenvalue weighted by Gasteiger charge is 2.21. The summed E-state index contributed by atoms with van der Waals surface area (Å²) in [5, 5.41) is 7.78. The van der Waals surface area contributed by atoms with Gasteiger partial charge in [-0.1, -0.05) is 6.07 Å². The van der Waals surface area contributed by atoms with Gasteiger partial charge in [-0.05, 0) is 38.1 Å². The van der Waals surface area contributed by atoms with Gasteiger partial charge >= 0.3 is 5.97 Å². The highest BCUT2D eigenvalue weighted by atomic mass is 32.1. The first-order valence-corrected chi connectivity index (χ1v) is 6.66. The number of hydrogen-bond donors (Lipinski definition) is 2. The van der Waals surface area contributed by atoms with Gasteiger partial charge in [0.2, 0.25) is 5.78 Å². The Bertz CT molecular complexity index is 425. The molecule has 0 aromatic carbocycles. The van der Waals surface area contributed by atoms with E-state index in [1.807, 2.05) is 18.5 Å². The van der Waals surface area contributed by atoms with Crippen LogP contribution in [-0.4, -0.2) is 46.1 Å². The minimum Gasteiger partial charge on any atom is -0.475 e. The number of carbonyl (C=O) groups is 2. The van der Waals surface area contributed by atoms with Crippen LogP contribution in [0, 0.1) is 0 Å². The lowest BCUT2D eigenvalue weighted by atomic mass is 10.1. The third kappa shape index (κ3) is 5.00. The Labute approximate surface area is 118 Å². The smallest absolute Gasteiger partial charge is 0.373 e. The summed E-state index contributed by atoms with van der Waals surface area (Å²) in [4.78, 5) is 25.9. The number of nitrogens with zero attached hydrogens (tertiary/aromatic N) is 2. The molecular formula is C13H18N2O3S. The van der Waals surface area contributed by atoms with Crippen LogP contribution in [0.4, 0.5) is 0 Å². The second-order valence-electron chi connectivity index (χ2n) is 4.31. The maximum absolute atomic E-state index is 9.84. The summed E-state index contributed by atoms with van der Waals surface area (Å²) in [7, 11) is 2.19. The molecule has 6 heteroatoms. The predicted octanol–water partition coefficient (Wildman–Crippen LogP) is 1.42. The van der Waals surface area contributed by atoms with E-state index in [2.05, 4.69) is 35.6 Å². The van der Waals surface area contributed by atoms with Crippen LogP contribution in [0.5, 0.6) is 0 Å². The van der Waals surface area contributed by atoms with Crippen molar-refractivity contribution < 1.29 is 14.7 Å². The third-order valence-electron chi connectivity index (χ3n) is 2.97. The monoisotopic (exact) mass is 282 g/mol. The van der Waals surface area contributed by atoms with E-state index in [0.717, 1.165) is 0 Å². The van der Waals surface area contributed by atoms with Gasteiger partial charge in [-0.15, -0.1) is 0 Å². The molecule has 2 heterocycles. The summed E-state index contributed by atoms with van der Waals surface area (Å²) >= 11 is 3.42. The van der Waals surface area contributed by atoms with Crippen LogP contribution in [0.15, 0.2) is 24.5 Å². The van der Waals surface area contributed by atoms with Gasteiger partial charge in [0.1, 0.15) is 0 Å². The number of carbonyl (C=O) groups excluding carboxylic acids is 1. The van der Waals surface area contributed by atoms with Crippen molar-refractivity contribution in [2.24, 2.45) is 0 Å². The Balaban J connectivity index is 0.000000224. The van der Waals surface area contributed by atoms with E-state index in [9.17, 15) is 9.59 Å². The maximum Gasteiger partial charge on any atom is 0.373 e. The number of aromatic nitrogens is 1. The molecule has 5 nitrogen and oxygen atoms in total. The Morgan fingerprint density at radius 2 is 2.32 bits per heavy atom. The lowest BCUT2D eigenvalue weighted by Crippen LogP contribution is -2.17. The summed E-state index contributed by atoms with van der Waals surface area (Å²) in [5.74, 6) is -2.52. The number of rotatable bonds is 3. The fourth-order valence-corrected chi connectivity index (χ4v) is 2.11. The second-order valence-corrected chi connectivity index (χ2v) is 4.63. The third-order valence-corrected chi connectivity index (χ3v) is 3.26. The molecule has 0 radical (unpaired) electrons. The molecule has 1 fully saturated rings. The van der Waals surface area contributed by atoms with E-state index < -0.39 is 11.8 Å². The van der Waals surface area contributed by atoms with Gasteiger partial charge in [0.05, 0.1) is 5.75 Å². The van der Waals surface area contributed by atoms with Crippen LogP contribution in [-0.2, 0) is 9.59 Å². The number of thiol groups is 1. The van der Waals surface area contributed by atoms with Crippen molar-refractivity contribution in [3.63, 3.8) is 0 Å². The van der Waals surface area contributed by atoms with Crippen molar-refractivity contribution in [1.29, 1.82) is 0 Å². The van der Waals surface area contributed by atoms with E-state index in [4.69, 9.17) is 5.11 Å². The Morgan fingerprint density at radius 1 is 1.58 bits per heavy atom. The number of ketones is 1. The van der Waals surface area contributed by atoms with Crippen molar-refractivity contribution in [2.45, 2.75) is 18.9 Å². The van der Waals surface area contributed by atoms with Gasteiger partial charge < -0.3 is 5.11 Å². The van der Waals surface area contributed by atoms with Crippen LogP contribution in [0.25, 0.3) is 0 Å². The zero-order valence-electron chi connectivity index (χ0n) is 10.8. The molecule has 0 bridgehead atoms. The normalized spacial score (nSPS) is 18.5. The molecule has 1 N–H and O–H groups in total. The molecule has 1 aromatic rings. The zero-order chi connectivity index (χ0) is 14.3. The van der Waals surface area contributed by atoms with Crippen LogP contribution in [0.3, 0.4) is 0 Å². The van der Waals surface area contributed by atoms with Crippen molar-refractivity contribution in [3.8, 4) is 0 Å². The van der Waals surface area contributed by atoms with E-state index in [1.165, 1.54) is 24.9 Å². The second kappa shape index (κ2) is 7.91. The lowest BCUT2D eigenvalue weighted by molar-refractivity contribution is -0.147. The average Bonchev–Trinajstić information content (AvgIpc) is 2.85. The zero-order valence-corrected chi connectivity index (χ0v) is 11.7. The number of hydrogen-bond acceptors (Lipinski definition) is 5. The SMILES string of the molecule is CN1CCCC1c1cccnc1.O=C(O)C(=O)CS. The first-order valence-electron chi connectivity index (χ1n) is 6.03. The number of likely N-dealkylation sites (tertiary alicyclic amines) is 1. The van der Waals surface area contributed by atoms with Crippen molar-refractivity contribution >= 4 is 24.4 Å². The van der Waals surface area contributed by atoms with Crippen LogP contribution in [0.2, 0.25) is 0 Å². The molecule has 1 aliphatic rings. The van der Waals surface area contributed by atoms with Gasteiger partial charge in [-0.25, -0.2) is 4.79 Å². The number of aliphatic carboxylic acids is 1. The Kier molecular flexibility index (Phi) is 6.52. The van der Waals surface area contributed by atoms with Gasteiger partial charge in [0.25, 0.3) is 0 Å². The summed E-state index contributed by atoms with van der Waals surface area (Å²) < 4.78 is 0. The standard InChI is InChI=1S/C10H14N2.C3H4O3S/c1-12-7-3-5-10(12)9-4-2-6-11-8-9;4-2(1-7)3(5)6/h2,4,6,8,10H,3,5,7H2,1H3;7H,1H2,(H,5,6). The number of Topliss-reactive ketones (excluding diaryl/α,β-unsaturated/α-hetero) is 1. The van der Waals surface area contributed by atoms with E-state index >= 15 is 0 Å². The van der Waals surface area contributed by atoms with E-state index in [-0.39, 0.29) is 5.75 Å². The molecule has 104 valence electrons. The van der Waals surface area contributed by atoms with Gasteiger partial charge in [-0.2, -0.15) is 12.6 Å². The van der Waals surface area contributed by atoms with Crippen LogP contribution in [0.1, 0.15) is 24.4 Å². The van der Waals surface area contributed by atoms with Gasteiger partial charge in [-0.3, -0.25) is 14.7 Å². The first-order chi connectivity index (χ1) is 9.06. The highest BCUT2D eigenvalue weighted by molar-refractivity contribution is 7.81. The summed E-state index contributed by atoms with van der Waals surface area (Å²) in [5.41, 5.74) is 1.36. The molecule has 2 rings (SSSR count). The molecule has 0 spiro atoms. The van der Waals surface area contributed by atoms with E-state index in [1.54, 1.807) is 0 Å². The minimum absolute atomic E-state index is 0.227. The van der Waals surface area contributed by atoms with Gasteiger partial charge in [0, 0.05) is 18.4 Å². The number of carboxylic acid groups (broad SMARTS) is 1. The molecule has 1 aliphatic heterocycles. The molecule has 1 aromatic heterocycles. The number of carboxylic acids is 1. The quantitative estimate of drug-likeness (QED) is 0.648. The molecule has 0 aliphatic carbocycles. The van der Waals surface area contributed by atoms with Crippen molar-refractivity contribution in [1.82, 2.24) is 9.88 Å². The molecule has 1 unspecified atom stereocenters. The Morgan fingerprint density at radius 3 is 2.68 bits per heavy atom. The topological polar surface area (TPSA) is 70.5 Å². The fourth-order valence-electron chi connectivity index (χ4n) is 1.97. The number of pyridine rings is 1. The molecule has 1 saturated heterocycles. The lowest BCUT2D eigenvalue weighted by Gasteiger charge is -2.18. The van der Waals surface area contributed by atoms with Gasteiger partial charge in [0.15, 0.2) is 0 Å². The maximum atomic E-state index is 9.84. The van der Waals surface area contributed by atoms with Crippen molar-refractivity contribution in [2.75, 3.05) is 19.3 Å². The fraction of sp³-hybridized carbons (Fsp3) is 0.462. The molecule has 0 amide bonds. The first kappa shape index (κ1) is 15.7. The molecular weight excluding hydrogens is 264 g/mol. The average molecular weight is 282 g/mol. The summed E-state index contributed by atoms with van der Waals surface area (Å²) in [6, 6.07) is 4.79. The Hall–Kier alpha value is -1.40. The summed E-state index contributed by atoms with van der Waals surface area (Å²) in [6.45, 7) is 1.22. The highest BCUT2D eigenvalue weighted by Crippen LogP contribution is 2.29. The largest absolute Gasteiger partial charge is 0.475 e. The van der Waals surface area contributed by atoms with Crippen LogP contribution >= 0.6 is 12.6 Å². The molecule has 19 heavy (non-hydrogen) atoms. The molecule has 1 atom stereocenters. The predicted molar refractivity (Wildman–Crippen MR) is 75.3 cm³/mol. The van der Waals surface area contributed by atoms with E-state index in [0.29, 0.717) is 6.04 Å². The molecule has 0 saturated carbocycles.